The summed E-state index contributed by atoms with van der Waals surface area (Å²) in [7, 11) is 1.38. The number of primary amides is 1. The summed E-state index contributed by atoms with van der Waals surface area (Å²) in [5.74, 6) is -3.12. The minimum Gasteiger partial charge on any atom is -0.481 e. The number of aliphatic carboxylic acids is 2. The van der Waals surface area contributed by atoms with Crippen molar-refractivity contribution >= 4 is 29.7 Å². The van der Waals surface area contributed by atoms with Crippen molar-refractivity contribution in [2.75, 3.05) is 7.05 Å². The van der Waals surface area contributed by atoms with Crippen LogP contribution in [0.5, 0.6) is 11.5 Å². The van der Waals surface area contributed by atoms with Gasteiger partial charge < -0.3 is 30.9 Å². The maximum Gasteiger partial charge on any atom is 0.303 e. The highest BCUT2D eigenvalue weighted by atomic mass is 16.5. The van der Waals surface area contributed by atoms with E-state index in [0.29, 0.717) is 17.9 Å². The second-order valence-corrected chi connectivity index (χ2v) is 8.41. The van der Waals surface area contributed by atoms with Gasteiger partial charge in [-0.2, -0.15) is 0 Å². The lowest BCUT2D eigenvalue weighted by Gasteiger charge is -2.28. The molecule has 0 spiro atoms. The minimum absolute atomic E-state index is 0.0461. The molecule has 0 unspecified atom stereocenters. The molecule has 11 nitrogen and oxygen atoms in total. The molecule has 2 aromatic carbocycles. The average molecular weight is 514 g/mol. The van der Waals surface area contributed by atoms with Crippen LogP contribution in [0.15, 0.2) is 54.6 Å². The highest BCUT2D eigenvalue weighted by molar-refractivity contribution is 5.92. The Morgan fingerprint density at radius 2 is 1.43 bits per heavy atom. The molecule has 0 fully saturated rings. The second kappa shape index (κ2) is 14.2. The zero-order valence-electron chi connectivity index (χ0n) is 20.5. The third-order valence-corrected chi connectivity index (χ3v) is 5.63. The fourth-order valence-corrected chi connectivity index (χ4v) is 3.53. The summed E-state index contributed by atoms with van der Waals surface area (Å²) in [6, 6.07) is 14.0. The normalized spacial score (nSPS) is 12.1. The molecule has 0 saturated carbocycles. The van der Waals surface area contributed by atoms with Gasteiger partial charge >= 0.3 is 11.9 Å². The van der Waals surface area contributed by atoms with E-state index in [1.165, 1.54) is 7.05 Å². The van der Waals surface area contributed by atoms with E-state index in [4.69, 9.17) is 20.7 Å². The van der Waals surface area contributed by atoms with Gasteiger partial charge in [-0.15, -0.1) is 0 Å². The Hall–Kier alpha value is -4.41. The summed E-state index contributed by atoms with van der Waals surface area (Å²) in [5, 5.41) is 20.3. The topological polar surface area (TPSA) is 176 Å². The number of aryl methyl sites for hydroxylation is 1. The van der Waals surface area contributed by atoms with Gasteiger partial charge in [-0.3, -0.25) is 24.0 Å². The first-order chi connectivity index (χ1) is 17.6. The largest absolute Gasteiger partial charge is 0.481 e. The van der Waals surface area contributed by atoms with Crippen molar-refractivity contribution in [2.24, 2.45) is 5.73 Å². The van der Waals surface area contributed by atoms with E-state index in [1.54, 1.807) is 12.1 Å². The molecule has 2 aromatic rings. The van der Waals surface area contributed by atoms with Crippen LogP contribution in [0, 0.1) is 0 Å². The number of nitrogens with one attached hydrogen (secondary N) is 1. The number of para-hydroxylation sites is 1. The predicted molar refractivity (Wildman–Crippen MR) is 133 cm³/mol. The Kier molecular flexibility index (Phi) is 11.1. The highest BCUT2D eigenvalue weighted by Gasteiger charge is 2.30. The van der Waals surface area contributed by atoms with Crippen LogP contribution in [0.1, 0.15) is 37.7 Å². The van der Waals surface area contributed by atoms with E-state index in [1.807, 2.05) is 42.5 Å². The summed E-state index contributed by atoms with van der Waals surface area (Å²) in [6.45, 7) is 0. The summed E-state index contributed by atoms with van der Waals surface area (Å²) < 4.78 is 5.75. The molecule has 0 heterocycles. The van der Waals surface area contributed by atoms with Gasteiger partial charge in [0.2, 0.25) is 17.7 Å². The monoisotopic (exact) mass is 513 g/mol. The lowest BCUT2D eigenvalue weighted by Crippen LogP contribution is -2.53. The quantitative estimate of drug-likeness (QED) is 0.279. The Morgan fingerprint density at radius 1 is 0.865 bits per heavy atom. The average Bonchev–Trinajstić information content (AvgIpc) is 2.86. The van der Waals surface area contributed by atoms with Crippen LogP contribution in [0.25, 0.3) is 0 Å². The fraction of sp³-hybridized carbons (Fsp3) is 0.346. The number of carboxylic acids is 2. The molecule has 198 valence electrons. The van der Waals surface area contributed by atoms with Crippen molar-refractivity contribution in [3.63, 3.8) is 0 Å². The van der Waals surface area contributed by atoms with E-state index in [9.17, 15) is 24.0 Å². The van der Waals surface area contributed by atoms with Crippen LogP contribution in [0.3, 0.4) is 0 Å². The number of benzene rings is 2. The van der Waals surface area contributed by atoms with Crippen LogP contribution >= 0.6 is 0 Å². The van der Waals surface area contributed by atoms with Crippen molar-refractivity contribution in [2.45, 2.75) is 50.6 Å². The third-order valence-electron chi connectivity index (χ3n) is 5.63. The number of hydrogen-bond donors (Lipinski definition) is 4. The third kappa shape index (κ3) is 10.0. The number of nitrogens with two attached hydrogens (primary N) is 1. The Labute approximate surface area is 214 Å². The first-order valence-electron chi connectivity index (χ1n) is 11.7. The van der Waals surface area contributed by atoms with Crippen LogP contribution in [0.2, 0.25) is 0 Å². The maximum absolute atomic E-state index is 12.9. The molecule has 11 heteroatoms. The number of carbonyl (C=O) groups excluding carboxylic acids is 3. The summed E-state index contributed by atoms with van der Waals surface area (Å²) in [5.41, 5.74) is 6.12. The van der Waals surface area contributed by atoms with E-state index >= 15 is 0 Å². The molecule has 2 atom stereocenters. The van der Waals surface area contributed by atoms with Gasteiger partial charge in [0.1, 0.15) is 23.6 Å². The van der Waals surface area contributed by atoms with E-state index < -0.39 is 54.6 Å². The number of hydrogen-bond acceptors (Lipinski definition) is 6. The fourth-order valence-electron chi connectivity index (χ4n) is 3.53. The zero-order valence-corrected chi connectivity index (χ0v) is 20.5. The number of ether oxygens (including phenoxy) is 1. The molecule has 0 aliphatic rings. The van der Waals surface area contributed by atoms with Gasteiger partial charge in [0.25, 0.3) is 0 Å². The van der Waals surface area contributed by atoms with Crippen LogP contribution < -0.4 is 15.8 Å². The Balaban J connectivity index is 2.00. The molecule has 0 bridgehead atoms. The van der Waals surface area contributed by atoms with Crippen molar-refractivity contribution in [3.8, 4) is 11.5 Å². The Bertz CT molecular complexity index is 1090. The van der Waals surface area contributed by atoms with Gasteiger partial charge in [0.05, 0.1) is 0 Å². The number of rotatable bonds is 15. The van der Waals surface area contributed by atoms with Gasteiger partial charge in [0.15, 0.2) is 0 Å². The lowest BCUT2D eigenvalue weighted by atomic mass is 10.0. The number of amides is 3. The first-order valence-corrected chi connectivity index (χ1v) is 11.7. The van der Waals surface area contributed by atoms with Crippen LogP contribution in [-0.4, -0.2) is 63.9 Å². The standard InChI is InChI=1S/C26H31N3O8/c1-29(21(13-16-24(33)34)26(36)28-20(25(27)35)12-15-23(31)32)22(30)14-9-17-7-10-19(11-8-17)37-18-5-3-2-4-6-18/h2-8,10-11,20-21H,9,12-16H2,1H3,(H2,27,35)(H,28,36)(H,31,32)(H,33,34)/t20-,21-/m0/s1. The molecule has 2 rings (SSSR count). The van der Waals surface area contributed by atoms with Gasteiger partial charge in [-0.25, -0.2) is 0 Å². The molecule has 37 heavy (non-hydrogen) atoms. The highest BCUT2D eigenvalue weighted by Crippen LogP contribution is 2.21. The molecular weight excluding hydrogens is 482 g/mol. The predicted octanol–water partition coefficient (Wildman–Crippen LogP) is 1.94. The zero-order chi connectivity index (χ0) is 27.4. The number of carbonyl (C=O) groups is 5. The van der Waals surface area contributed by atoms with Gasteiger partial charge in [-0.1, -0.05) is 30.3 Å². The Morgan fingerprint density at radius 3 is 2.00 bits per heavy atom. The lowest BCUT2D eigenvalue weighted by molar-refractivity contribution is -0.143. The van der Waals surface area contributed by atoms with Crippen molar-refractivity contribution < 1.29 is 38.9 Å². The molecule has 5 N–H and O–H groups in total. The van der Waals surface area contributed by atoms with Crippen molar-refractivity contribution in [1.29, 1.82) is 0 Å². The number of carboxylic acid groups (broad SMARTS) is 2. The molecule has 0 aromatic heterocycles. The molecular formula is C26H31N3O8. The summed E-state index contributed by atoms with van der Waals surface area (Å²) in [6.07, 6.45) is -0.815. The van der Waals surface area contributed by atoms with Crippen molar-refractivity contribution in [1.82, 2.24) is 10.2 Å². The van der Waals surface area contributed by atoms with Crippen molar-refractivity contribution in [3.05, 3.63) is 60.2 Å². The van der Waals surface area contributed by atoms with Crippen LogP contribution in [-0.2, 0) is 30.4 Å². The molecule has 0 aliphatic carbocycles. The molecule has 0 aliphatic heterocycles. The second-order valence-electron chi connectivity index (χ2n) is 8.41. The van der Waals surface area contributed by atoms with E-state index in [2.05, 4.69) is 5.32 Å². The maximum atomic E-state index is 12.9. The number of nitrogens with zero attached hydrogens (tertiary/aromatic N) is 1. The molecule has 0 saturated heterocycles. The van der Waals surface area contributed by atoms with E-state index in [-0.39, 0.29) is 19.3 Å². The SMILES string of the molecule is CN(C(=O)CCc1ccc(Oc2ccccc2)cc1)[C@@H](CCC(=O)O)C(=O)N[C@@H](CCC(=O)O)C(N)=O. The smallest absolute Gasteiger partial charge is 0.303 e. The molecule has 0 radical (unpaired) electrons. The summed E-state index contributed by atoms with van der Waals surface area (Å²) in [4.78, 5) is 60.4. The summed E-state index contributed by atoms with van der Waals surface area (Å²) >= 11 is 0. The van der Waals surface area contributed by atoms with Crippen LogP contribution in [0.4, 0.5) is 0 Å². The first kappa shape index (κ1) is 28.8. The number of likely N-dealkylation sites (N-methyl/N-ethyl adjacent to an activating group) is 1. The molecule has 3 amide bonds. The van der Waals surface area contributed by atoms with Gasteiger partial charge in [-0.05, 0) is 49.1 Å². The van der Waals surface area contributed by atoms with E-state index in [0.717, 1.165) is 10.5 Å². The van der Waals surface area contributed by atoms with Gasteiger partial charge in [0, 0.05) is 26.3 Å². The minimum atomic E-state index is -1.27.